The molecule has 0 bridgehead atoms. The molecule has 1 amide bonds. The molecule has 0 spiro atoms. The third kappa shape index (κ3) is 4.11. The van der Waals surface area contributed by atoms with Crippen LogP contribution in [0.25, 0.3) is 0 Å². The number of esters is 1. The van der Waals surface area contributed by atoms with E-state index < -0.39 is 24.1 Å². The Bertz CT molecular complexity index is 344. The first-order chi connectivity index (χ1) is 8.77. The lowest BCUT2D eigenvalue weighted by atomic mass is 10.2. The molecule has 4 nitrogen and oxygen atoms in total. The summed E-state index contributed by atoms with van der Waals surface area (Å²) >= 11 is 0. The minimum absolute atomic E-state index is 0.0553. The predicted molar refractivity (Wildman–Crippen MR) is 61.3 cm³/mol. The van der Waals surface area contributed by atoms with Gasteiger partial charge in [0.1, 0.15) is 6.04 Å². The zero-order valence-electron chi connectivity index (χ0n) is 11.0. The van der Waals surface area contributed by atoms with Crippen molar-refractivity contribution in [2.24, 2.45) is 0 Å². The van der Waals surface area contributed by atoms with E-state index in [-0.39, 0.29) is 19.1 Å². The Morgan fingerprint density at radius 3 is 2.58 bits per heavy atom. The summed E-state index contributed by atoms with van der Waals surface area (Å²) < 4.78 is 42.2. The molecule has 110 valence electrons. The van der Waals surface area contributed by atoms with Gasteiger partial charge in [0.05, 0.1) is 6.10 Å². The average molecular weight is 281 g/mol. The fourth-order valence-electron chi connectivity index (χ4n) is 2.16. The molecule has 7 heteroatoms. The van der Waals surface area contributed by atoms with Gasteiger partial charge in [-0.3, -0.25) is 4.79 Å². The molecule has 1 saturated heterocycles. The smallest absolute Gasteiger partial charge is 0.461 e. The van der Waals surface area contributed by atoms with Crippen LogP contribution in [-0.4, -0.2) is 41.6 Å². The lowest BCUT2D eigenvalue weighted by Crippen LogP contribution is -2.47. The second-order valence-electron chi connectivity index (χ2n) is 4.69. The SMILES string of the molecule is CCCC(C)OC(=O)[C@@H]1CCCN1C(=O)C(F)(F)F. The van der Waals surface area contributed by atoms with Crippen LogP contribution in [0.5, 0.6) is 0 Å². The van der Waals surface area contributed by atoms with Crippen LogP contribution in [0, 0.1) is 0 Å². The lowest BCUT2D eigenvalue weighted by Gasteiger charge is -2.25. The molecule has 0 saturated carbocycles. The van der Waals surface area contributed by atoms with Gasteiger partial charge >= 0.3 is 18.1 Å². The van der Waals surface area contributed by atoms with Crippen molar-refractivity contribution in [3.05, 3.63) is 0 Å². The standard InChI is InChI=1S/C12H18F3NO3/c1-3-5-8(2)19-10(17)9-6-4-7-16(9)11(18)12(13,14)15/h8-9H,3-7H2,1-2H3/t8?,9-/m0/s1. The van der Waals surface area contributed by atoms with Crippen LogP contribution in [0.3, 0.4) is 0 Å². The van der Waals surface area contributed by atoms with Crippen molar-refractivity contribution < 1.29 is 27.5 Å². The molecule has 1 fully saturated rings. The van der Waals surface area contributed by atoms with Crippen LogP contribution in [0.1, 0.15) is 39.5 Å². The summed E-state index contributed by atoms with van der Waals surface area (Å²) in [6, 6.07) is -1.10. The van der Waals surface area contributed by atoms with E-state index in [1.807, 2.05) is 6.92 Å². The molecule has 1 rings (SSSR count). The number of carbonyl (C=O) groups is 2. The van der Waals surface area contributed by atoms with Crippen molar-refractivity contribution >= 4 is 11.9 Å². The Kier molecular flexibility index (Phi) is 5.20. The van der Waals surface area contributed by atoms with Gasteiger partial charge in [-0.05, 0) is 26.2 Å². The molecular weight excluding hydrogens is 263 g/mol. The first kappa shape index (κ1) is 15.8. The largest absolute Gasteiger partial charge is 0.471 e. The Hall–Kier alpha value is -1.27. The number of nitrogens with zero attached hydrogens (tertiary/aromatic N) is 1. The van der Waals surface area contributed by atoms with E-state index in [0.29, 0.717) is 17.7 Å². The van der Waals surface area contributed by atoms with Crippen molar-refractivity contribution in [1.29, 1.82) is 0 Å². The van der Waals surface area contributed by atoms with Crippen molar-refractivity contribution in [2.75, 3.05) is 6.54 Å². The average Bonchev–Trinajstić information content (AvgIpc) is 2.75. The van der Waals surface area contributed by atoms with Gasteiger partial charge in [0.2, 0.25) is 0 Å². The normalized spacial score (nSPS) is 21.3. The Balaban J connectivity index is 2.66. The van der Waals surface area contributed by atoms with Crippen LogP contribution in [0.15, 0.2) is 0 Å². The Labute approximate surface area is 109 Å². The van der Waals surface area contributed by atoms with Gasteiger partial charge in [-0.15, -0.1) is 0 Å². The molecule has 1 aliphatic rings. The quantitative estimate of drug-likeness (QED) is 0.743. The van der Waals surface area contributed by atoms with Crippen molar-refractivity contribution in [1.82, 2.24) is 4.90 Å². The number of hydrogen-bond acceptors (Lipinski definition) is 3. The topological polar surface area (TPSA) is 46.6 Å². The molecule has 0 aromatic rings. The highest BCUT2D eigenvalue weighted by Gasteiger charge is 2.48. The van der Waals surface area contributed by atoms with Crippen LogP contribution in [-0.2, 0) is 14.3 Å². The van der Waals surface area contributed by atoms with E-state index in [4.69, 9.17) is 4.74 Å². The zero-order valence-corrected chi connectivity index (χ0v) is 11.0. The number of ether oxygens (including phenoxy) is 1. The molecule has 0 aromatic carbocycles. The summed E-state index contributed by atoms with van der Waals surface area (Å²) in [6.45, 7) is 3.55. The van der Waals surface area contributed by atoms with Gasteiger partial charge in [-0.25, -0.2) is 4.79 Å². The summed E-state index contributed by atoms with van der Waals surface area (Å²) in [5.41, 5.74) is 0. The zero-order chi connectivity index (χ0) is 14.6. The highest BCUT2D eigenvalue weighted by Crippen LogP contribution is 2.26. The third-order valence-corrected chi connectivity index (χ3v) is 3.04. The van der Waals surface area contributed by atoms with Crippen molar-refractivity contribution in [3.8, 4) is 0 Å². The minimum atomic E-state index is -4.95. The van der Waals surface area contributed by atoms with E-state index in [1.54, 1.807) is 6.92 Å². The highest BCUT2D eigenvalue weighted by atomic mass is 19.4. The van der Waals surface area contributed by atoms with Crippen molar-refractivity contribution in [2.45, 2.75) is 57.9 Å². The second kappa shape index (κ2) is 6.25. The molecule has 1 aliphatic heterocycles. The molecule has 0 N–H and O–H groups in total. The summed E-state index contributed by atoms with van der Waals surface area (Å²) in [6.07, 6.45) is -3.24. The lowest BCUT2D eigenvalue weighted by molar-refractivity contribution is -0.189. The monoisotopic (exact) mass is 281 g/mol. The van der Waals surface area contributed by atoms with Gasteiger partial charge in [-0.2, -0.15) is 13.2 Å². The molecule has 2 atom stereocenters. The number of halogens is 3. The predicted octanol–water partition coefficient (Wildman–Crippen LogP) is 2.27. The van der Waals surface area contributed by atoms with Gasteiger partial charge in [0.15, 0.2) is 0 Å². The molecule has 0 aromatic heterocycles. The van der Waals surface area contributed by atoms with Crippen LogP contribution < -0.4 is 0 Å². The summed E-state index contributed by atoms with van der Waals surface area (Å²) in [5, 5.41) is 0. The summed E-state index contributed by atoms with van der Waals surface area (Å²) in [4.78, 5) is 23.5. The highest BCUT2D eigenvalue weighted by molar-refractivity contribution is 5.88. The molecule has 0 aliphatic carbocycles. The van der Waals surface area contributed by atoms with Gasteiger partial charge < -0.3 is 9.64 Å². The maximum absolute atomic E-state index is 12.4. The van der Waals surface area contributed by atoms with Gasteiger partial charge in [-0.1, -0.05) is 13.3 Å². The molecule has 1 heterocycles. The van der Waals surface area contributed by atoms with Crippen LogP contribution in [0.2, 0.25) is 0 Å². The number of rotatable bonds is 4. The number of amides is 1. The van der Waals surface area contributed by atoms with E-state index in [2.05, 4.69) is 0 Å². The number of alkyl halides is 3. The first-order valence-corrected chi connectivity index (χ1v) is 6.35. The van der Waals surface area contributed by atoms with E-state index in [0.717, 1.165) is 6.42 Å². The summed E-state index contributed by atoms with van der Waals surface area (Å²) in [5.74, 6) is -2.70. The van der Waals surface area contributed by atoms with Gasteiger partial charge in [0, 0.05) is 6.54 Å². The molecule has 0 radical (unpaired) electrons. The number of carbonyl (C=O) groups excluding carboxylic acids is 2. The molecule has 19 heavy (non-hydrogen) atoms. The van der Waals surface area contributed by atoms with Crippen LogP contribution in [0.4, 0.5) is 13.2 Å². The van der Waals surface area contributed by atoms with Crippen LogP contribution >= 0.6 is 0 Å². The first-order valence-electron chi connectivity index (χ1n) is 6.35. The van der Waals surface area contributed by atoms with Crippen molar-refractivity contribution in [3.63, 3.8) is 0 Å². The maximum Gasteiger partial charge on any atom is 0.471 e. The third-order valence-electron chi connectivity index (χ3n) is 3.04. The summed E-state index contributed by atoms with van der Waals surface area (Å²) in [7, 11) is 0. The number of hydrogen-bond donors (Lipinski definition) is 0. The Morgan fingerprint density at radius 2 is 2.05 bits per heavy atom. The van der Waals surface area contributed by atoms with E-state index in [1.165, 1.54) is 0 Å². The molecule has 1 unspecified atom stereocenters. The Morgan fingerprint density at radius 1 is 1.42 bits per heavy atom. The second-order valence-corrected chi connectivity index (χ2v) is 4.69. The number of likely N-dealkylation sites (tertiary alicyclic amines) is 1. The van der Waals surface area contributed by atoms with Gasteiger partial charge in [0.25, 0.3) is 0 Å². The fourth-order valence-corrected chi connectivity index (χ4v) is 2.16. The fraction of sp³-hybridized carbons (Fsp3) is 0.833. The van der Waals surface area contributed by atoms with E-state index >= 15 is 0 Å². The maximum atomic E-state index is 12.4. The molecular formula is C12H18F3NO3. The van der Waals surface area contributed by atoms with E-state index in [9.17, 15) is 22.8 Å². The minimum Gasteiger partial charge on any atom is -0.461 e.